The molecule has 0 spiro atoms. The lowest BCUT2D eigenvalue weighted by Gasteiger charge is -2.36. The molecule has 1 rings (SSSR count). The van der Waals surface area contributed by atoms with Gasteiger partial charge in [-0.3, -0.25) is 9.59 Å². The summed E-state index contributed by atoms with van der Waals surface area (Å²) < 4.78 is 5.45. The topological polar surface area (TPSA) is 63.6 Å². The van der Waals surface area contributed by atoms with E-state index in [0.717, 1.165) is 0 Å². The second-order valence-corrected chi connectivity index (χ2v) is 6.47. The number of ketones is 1. The van der Waals surface area contributed by atoms with Crippen LogP contribution in [-0.2, 0) is 14.3 Å². The molecule has 1 N–H and O–H groups in total. The molecule has 1 saturated carbocycles. The van der Waals surface area contributed by atoms with Crippen molar-refractivity contribution in [1.29, 1.82) is 0 Å². The van der Waals surface area contributed by atoms with Gasteiger partial charge in [-0.25, -0.2) is 0 Å². The third-order valence-corrected chi connectivity index (χ3v) is 3.35. The Labute approximate surface area is 109 Å². The van der Waals surface area contributed by atoms with Gasteiger partial charge in [0.1, 0.15) is 11.9 Å². The van der Waals surface area contributed by atoms with E-state index in [2.05, 4.69) is 0 Å². The highest BCUT2D eigenvalue weighted by molar-refractivity contribution is 5.84. The zero-order valence-corrected chi connectivity index (χ0v) is 11.9. The van der Waals surface area contributed by atoms with Gasteiger partial charge >= 0.3 is 5.97 Å². The Balaban J connectivity index is 2.82. The van der Waals surface area contributed by atoms with E-state index < -0.39 is 23.5 Å². The Kier molecular flexibility index (Phi) is 4.54. The van der Waals surface area contributed by atoms with Crippen LogP contribution in [-0.4, -0.2) is 29.1 Å². The third-order valence-electron chi connectivity index (χ3n) is 3.35. The van der Waals surface area contributed by atoms with Crippen LogP contribution in [0.25, 0.3) is 0 Å². The zero-order chi connectivity index (χ0) is 14.1. The summed E-state index contributed by atoms with van der Waals surface area (Å²) in [6.07, 6.45) is -0.168. The number of carbonyl (C=O) groups excluding carboxylic acids is 2. The zero-order valence-electron chi connectivity index (χ0n) is 11.9. The van der Waals surface area contributed by atoms with Crippen LogP contribution in [0.4, 0.5) is 0 Å². The average molecular weight is 256 g/mol. The highest BCUT2D eigenvalue weighted by Crippen LogP contribution is 2.32. The molecule has 104 valence electrons. The summed E-state index contributed by atoms with van der Waals surface area (Å²) in [4.78, 5) is 23.8. The second kappa shape index (κ2) is 5.39. The van der Waals surface area contributed by atoms with Crippen LogP contribution in [0.15, 0.2) is 0 Å². The number of hydrogen-bond acceptors (Lipinski definition) is 4. The molecule has 1 fully saturated rings. The van der Waals surface area contributed by atoms with Crippen LogP contribution in [0.5, 0.6) is 0 Å². The predicted molar refractivity (Wildman–Crippen MR) is 67.9 cm³/mol. The lowest BCUT2D eigenvalue weighted by Crippen LogP contribution is -2.45. The molecule has 1 aliphatic rings. The predicted octanol–water partition coefficient (Wildman–Crippen LogP) is 1.94. The first-order valence-electron chi connectivity index (χ1n) is 6.54. The van der Waals surface area contributed by atoms with E-state index in [-0.39, 0.29) is 17.7 Å². The quantitative estimate of drug-likeness (QED) is 0.767. The monoisotopic (exact) mass is 256 g/mol. The number of esters is 1. The van der Waals surface area contributed by atoms with Gasteiger partial charge in [0.05, 0.1) is 17.4 Å². The second-order valence-electron chi connectivity index (χ2n) is 6.47. The summed E-state index contributed by atoms with van der Waals surface area (Å²) in [5.41, 5.74) is -0.590. The molecule has 0 heterocycles. The number of hydrogen-bond donors (Lipinski definition) is 1. The van der Waals surface area contributed by atoms with Crippen LogP contribution in [0, 0.1) is 17.3 Å². The van der Waals surface area contributed by atoms with Crippen molar-refractivity contribution in [2.75, 3.05) is 0 Å². The van der Waals surface area contributed by atoms with Crippen LogP contribution < -0.4 is 0 Å². The molecule has 0 amide bonds. The maximum atomic E-state index is 11.9. The van der Waals surface area contributed by atoms with Crippen molar-refractivity contribution >= 4 is 11.8 Å². The Morgan fingerprint density at radius 3 is 2.44 bits per heavy atom. The van der Waals surface area contributed by atoms with E-state index in [1.54, 1.807) is 27.7 Å². The highest BCUT2D eigenvalue weighted by Gasteiger charge is 2.41. The normalized spacial score (nSPS) is 31.0. The summed E-state index contributed by atoms with van der Waals surface area (Å²) in [6.45, 7) is 8.88. The number of Topliss-reactive ketones (excluding diaryl/α,β-unsaturated/α-hetero) is 1. The lowest BCUT2D eigenvalue weighted by molar-refractivity contribution is -0.169. The van der Waals surface area contributed by atoms with Gasteiger partial charge in [-0.1, -0.05) is 6.92 Å². The van der Waals surface area contributed by atoms with Gasteiger partial charge < -0.3 is 9.84 Å². The molecule has 18 heavy (non-hydrogen) atoms. The van der Waals surface area contributed by atoms with Gasteiger partial charge in [-0.2, -0.15) is 0 Å². The molecule has 4 heteroatoms. The molecule has 0 aromatic rings. The van der Waals surface area contributed by atoms with Gasteiger partial charge in [0, 0.05) is 6.42 Å². The van der Waals surface area contributed by atoms with Gasteiger partial charge in [-0.15, -0.1) is 0 Å². The van der Waals surface area contributed by atoms with E-state index in [4.69, 9.17) is 4.74 Å². The minimum absolute atomic E-state index is 0.00420. The summed E-state index contributed by atoms with van der Waals surface area (Å²) in [6, 6.07) is 0. The molecule has 0 aromatic carbocycles. The van der Waals surface area contributed by atoms with Crippen molar-refractivity contribution in [3.05, 3.63) is 0 Å². The number of rotatable bonds is 2. The Hall–Kier alpha value is -0.900. The van der Waals surface area contributed by atoms with E-state index >= 15 is 0 Å². The summed E-state index contributed by atoms with van der Waals surface area (Å²) >= 11 is 0. The first-order chi connectivity index (χ1) is 8.12. The van der Waals surface area contributed by atoms with E-state index in [1.807, 2.05) is 6.92 Å². The Bertz CT molecular complexity index is 327. The summed E-state index contributed by atoms with van der Waals surface area (Å²) in [5, 5.41) is 9.71. The van der Waals surface area contributed by atoms with Crippen LogP contribution in [0.1, 0.15) is 47.5 Å². The van der Waals surface area contributed by atoms with Crippen LogP contribution >= 0.6 is 0 Å². The van der Waals surface area contributed by atoms with E-state index in [9.17, 15) is 14.7 Å². The van der Waals surface area contributed by atoms with Crippen LogP contribution in [0.3, 0.4) is 0 Å². The number of ether oxygens (including phenoxy) is 1. The van der Waals surface area contributed by atoms with Crippen LogP contribution in [0.2, 0.25) is 0 Å². The fourth-order valence-corrected chi connectivity index (χ4v) is 2.33. The molecule has 0 bridgehead atoms. The first-order valence-corrected chi connectivity index (χ1v) is 6.54. The standard InChI is InChI=1S/C14H24O4/c1-8-6-10(16)12(9(2)15)11(7-8)18-13(17)14(3,4)5/h8-9,11-12,15H,6-7H2,1-5H3/t8?,9?,11-,12?/m1/s1. The van der Waals surface area contributed by atoms with E-state index in [1.165, 1.54) is 0 Å². The summed E-state index contributed by atoms with van der Waals surface area (Å²) in [5.74, 6) is -0.701. The van der Waals surface area contributed by atoms with Gasteiger partial charge in [0.25, 0.3) is 0 Å². The smallest absolute Gasteiger partial charge is 0.311 e. The molecule has 0 aromatic heterocycles. The fourth-order valence-electron chi connectivity index (χ4n) is 2.33. The maximum absolute atomic E-state index is 11.9. The molecular weight excluding hydrogens is 232 g/mol. The van der Waals surface area contributed by atoms with E-state index in [0.29, 0.717) is 12.8 Å². The highest BCUT2D eigenvalue weighted by atomic mass is 16.5. The summed E-state index contributed by atoms with van der Waals surface area (Å²) in [7, 11) is 0. The van der Waals surface area contributed by atoms with Gasteiger partial charge in [0.15, 0.2) is 0 Å². The molecule has 0 saturated heterocycles. The Morgan fingerprint density at radius 1 is 1.44 bits per heavy atom. The lowest BCUT2D eigenvalue weighted by atomic mass is 9.77. The van der Waals surface area contributed by atoms with Crippen molar-refractivity contribution in [1.82, 2.24) is 0 Å². The minimum atomic E-state index is -0.775. The largest absolute Gasteiger partial charge is 0.461 e. The molecule has 3 unspecified atom stereocenters. The third kappa shape index (κ3) is 3.55. The SMILES string of the molecule is CC1CC(=O)C(C(C)O)[C@H](OC(=O)C(C)(C)C)C1. The molecule has 4 nitrogen and oxygen atoms in total. The van der Waals surface area contributed by atoms with Crippen molar-refractivity contribution in [3.8, 4) is 0 Å². The van der Waals surface area contributed by atoms with Crippen molar-refractivity contribution in [2.45, 2.75) is 59.7 Å². The Morgan fingerprint density at radius 2 is 2.00 bits per heavy atom. The fraction of sp³-hybridized carbons (Fsp3) is 0.857. The maximum Gasteiger partial charge on any atom is 0.311 e. The molecular formula is C14H24O4. The number of aliphatic hydroxyl groups excluding tert-OH is 1. The van der Waals surface area contributed by atoms with Crippen molar-refractivity contribution < 1.29 is 19.4 Å². The van der Waals surface area contributed by atoms with Crippen molar-refractivity contribution in [3.63, 3.8) is 0 Å². The number of carbonyl (C=O) groups is 2. The minimum Gasteiger partial charge on any atom is -0.461 e. The van der Waals surface area contributed by atoms with Gasteiger partial charge in [-0.05, 0) is 40.0 Å². The average Bonchev–Trinajstić information content (AvgIpc) is 2.13. The first kappa shape index (κ1) is 15.2. The van der Waals surface area contributed by atoms with Gasteiger partial charge in [0.2, 0.25) is 0 Å². The molecule has 1 aliphatic carbocycles. The molecule has 0 aliphatic heterocycles. The molecule has 0 radical (unpaired) electrons. The molecule has 4 atom stereocenters. The number of aliphatic hydroxyl groups is 1. The van der Waals surface area contributed by atoms with Crippen molar-refractivity contribution in [2.24, 2.45) is 17.3 Å².